The summed E-state index contributed by atoms with van der Waals surface area (Å²) in [7, 11) is 1.57. The first kappa shape index (κ1) is 11.3. The van der Waals surface area contributed by atoms with Crippen LogP contribution in [0.25, 0.3) is 0 Å². The lowest BCUT2D eigenvalue weighted by molar-refractivity contribution is 0.375. The largest absolute Gasteiger partial charge is 0.467 e. The minimum absolute atomic E-state index is 0.422. The molecule has 0 spiro atoms. The smallest absolute Gasteiger partial charge is 0.316 e. The van der Waals surface area contributed by atoms with Crippen LogP contribution in [0.5, 0.6) is 6.01 Å². The zero-order chi connectivity index (χ0) is 11.2. The molecule has 0 aliphatic carbocycles. The summed E-state index contributed by atoms with van der Waals surface area (Å²) in [6, 6.07) is 1.04. The second-order valence-corrected chi connectivity index (χ2v) is 3.98. The van der Waals surface area contributed by atoms with Crippen molar-refractivity contribution < 1.29 is 4.74 Å². The van der Waals surface area contributed by atoms with E-state index in [-0.39, 0.29) is 0 Å². The molecule has 88 valence electrons. The van der Waals surface area contributed by atoms with E-state index in [1.165, 1.54) is 12.8 Å². The molecule has 2 heterocycles. The van der Waals surface area contributed by atoms with E-state index in [0.717, 1.165) is 25.2 Å². The highest BCUT2D eigenvalue weighted by Gasteiger charge is 2.11. The van der Waals surface area contributed by atoms with Crippen molar-refractivity contribution in [3.63, 3.8) is 0 Å². The second kappa shape index (κ2) is 5.77. The Balaban J connectivity index is 1.79. The minimum atomic E-state index is 0.422. The molecule has 0 unspecified atom stereocenters. The molecule has 16 heavy (non-hydrogen) atoms. The van der Waals surface area contributed by atoms with Gasteiger partial charge in [-0.1, -0.05) is 0 Å². The Bertz CT molecular complexity index is 308. The summed E-state index contributed by atoms with van der Waals surface area (Å²) in [4.78, 5) is 8.15. The number of hydrogen-bond donors (Lipinski definition) is 2. The van der Waals surface area contributed by atoms with Gasteiger partial charge in [0.2, 0.25) is 0 Å². The van der Waals surface area contributed by atoms with E-state index in [1.54, 1.807) is 19.5 Å². The molecule has 0 bridgehead atoms. The van der Waals surface area contributed by atoms with Crippen molar-refractivity contribution in [3.05, 3.63) is 18.0 Å². The third-order valence-electron chi connectivity index (χ3n) is 2.80. The lowest BCUT2D eigenvalue weighted by Gasteiger charge is -2.23. The van der Waals surface area contributed by atoms with E-state index in [2.05, 4.69) is 20.6 Å². The fourth-order valence-electron chi connectivity index (χ4n) is 1.83. The molecule has 1 fully saturated rings. The second-order valence-electron chi connectivity index (χ2n) is 3.98. The predicted molar refractivity (Wildman–Crippen MR) is 61.3 cm³/mol. The Hall–Kier alpha value is -1.20. The Kier molecular flexibility index (Phi) is 4.07. The highest BCUT2D eigenvalue weighted by molar-refractivity contribution is 5.07. The Labute approximate surface area is 95.6 Å². The van der Waals surface area contributed by atoms with Crippen LogP contribution in [0, 0.1) is 0 Å². The summed E-state index contributed by atoms with van der Waals surface area (Å²) >= 11 is 0. The molecular formula is C11H18N4O. The van der Waals surface area contributed by atoms with Gasteiger partial charge in [-0.15, -0.1) is 0 Å². The minimum Gasteiger partial charge on any atom is -0.467 e. The van der Waals surface area contributed by atoms with Gasteiger partial charge < -0.3 is 15.4 Å². The predicted octanol–water partition coefficient (Wildman–Crippen LogP) is 0.327. The summed E-state index contributed by atoms with van der Waals surface area (Å²) in [6.07, 6.45) is 5.99. The number of methoxy groups -OCH3 is 1. The van der Waals surface area contributed by atoms with Crippen LogP contribution in [0.2, 0.25) is 0 Å². The maximum atomic E-state index is 4.91. The number of rotatable bonds is 4. The van der Waals surface area contributed by atoms with E-state index in [1.807, 2.05) is 0 Å². The highest BCUT2D eigenvalue weighted by Crippen LogP contribution is 2.05. The van der Waals surface area contributed by atoms with Gasteiger partial charge in [-0.3, -0.25) is 0 Å². The fraction of sp³-hybridized carbons (Fsp3) is 0.636. The summed E-state index contributed by atoms with van der Waals surface area (Å²) in [5.74, 6) is 0. The lowest BCUT2D eigenvalue weighted by atomic mass is 10.1. The van der Waals surface area contributed by atoms with Gasteiger partial charge in [0.1, 0.15) is 0 Å². The average Bonchev–Trinajstić information content (AvgIpc) is 2.38. The van der Waals surface area contributed by atoms with E-state index in [0.29, 0.717) is 12.1 Å². The number of nitrogens with one attached hydrogen (secondary N) is 2. The third-order valence-corrected chi connectivity index (χ3v) is 2.80. The average molecular weight is 222 g/mol. The van der Waals surface area contributed by atoms with Crippen molar-refractivity contribution in [1.82, 2.24) is 20.6 Å². The van der Waals surface area contributed by atoms with Gasteiger partial charge in [0.15, 0.2) is 0 Å². The van der Waals surface area contributed by atoms with Crippen LogP contribution in [0.1, 0.15) is 18.4 Å². The first-order valence-electron chi connectivity index (χ1n) is 5.67. The van der Waals surface area contributed by atoms with E-state index >= 15 is 0 Å². The lowest BCUT2D eigenvalue weighted by Crippen LogP contribution is -2.39. The van der Waals surface area contributed by atoms with E-state index in [9.17, 15) is 0 Å². The number of piperidine rings is 1. The Morgan fingerprint density at radius 3 is 2.69 bits per heavy atom. The van der Waals surface area contributed by atoms with Crippen molar-refractivity contribution in [2.75, 3.05) is 20.2 Å². The van der Waals surface area contributed by atoms with Gasteiger partial charge in [-0.25, -0.2) is 9.97 Å². The van der Waals surface area contributed by atoms with Crippen LogP contribution in [0.3, 0.4) is 0 Å². The van der Waals surface area contributed by atoms with Crippen LogP contribution < -0.4 is 15.4 Å². The SMILES string of the molecule is COc1ncc(CNC2CCNCC2)cn1. The summed E-state index contributed by atoms with van der Waals surface area (Å²) < 4.78 is 4.91. The number of ether oxygens (including phenoxy) is 1. The number of aromatic nitrogens is 2. The summed E-state index contributed by atoms with van der Waals surface area (Å²) in [6.45, 7) is 3.04. The van der Waals surface area contributed by atoms with Crippen molar-refractivity contribution in [2.24, 2.45) is 0 Å². The molecular weight excluding hydrogens is 204 g/mol. The topological polar surface area (TPSA) is 59.1 Å². The molecule has 5 nitrogen and oxygen atoms in total. The molecule has 0 aromatic carbocycles. The van der Waals surface area contributed by atoms with Gasteiger partial charge in [0.05, 0.1) is 7.11 Å². The molecule has 0 amide bonds. The van der Waals surface area contributed by atoms with Crippen molar-refractivity contribution in [3.8, 4) is 6.01 Å². The third kappa shape index (κ3) is 3.15. The molecule has 2 N–H and O–H groups in total. The molecule has 1 saturated heterocycles. The van der Waals surface area contributed by atoms with Crippen molar-refractivity contribution in [1.29, 1.82) is 0 Å². The zero-order valence-electron chi connectivity index (χ0n) is 9.57. The zero-order valence-corrected chi connectivity index (χ0v) is 9.57. The number of hydrogen-bond acceptors (Lipinski definition) is 5. The summed E-state index contributed by atoms with van der Waals surface area (Å²) in [5, 5.41) is 6.86. The van der Waals surface area contributed by atoms with Crippen LogP contribution in [0.15, 0.2) is 12.4 Å². The van der Waals surface area contributed by atoms with Gasteiger partial charge in [0.25, 0.3) is 0 Å². The first-order chi connectivity index (χ1) is 7.88. The molecule has 1 aliphatic heterocycles. The van der Waals surface area contributed by atoms with Gasteiger partial charge >= 0.3 is 6.01 Å². The molecule has 2 rings (SSSR count). The van der Waals surface area contributed by atoms with Crippen LogP contribution in [0.4, 0.5) is 0 Å². The van der Waals surface area contributed by atoms with Gasteiger partial charge in [-0.05, 0) is 25.9 Å². The maximum absolute atomic E-state index is 4.91. The summed E-state index contributed by atoms with van der Waals surface area (Å²) in [5.41, 5.74) is 1.10. The fourth-order valence-corrected chi connectivity index (χ4v) is 1.83. The Morgan fingerprint density at radius 2 is 2.06 bits per heavy atom. The highest BCUT2D eigenvalue weighted by atomic mass is 16.5. The molecule has 1 aromatic rings. The standard InChI is InChI=1S/C11H18N4O/c1-16-11-14-7-9(8-15-11)6-13-10-2-4-12-5-3-10/h7-8,10,12-13H,2-6H2,1H3. The number of nitrogens with zero attached hydrogens (tertiary/aromatic N) is 2. The van der Waals surface area contributed by atoms with Crippen LogP contribution in [-0.4, -0.2) is 36.2 Å². The van der Waals surface area contributed by atoms with Crippen LogP contribution in [-0.2, 0) is 6.54 Å². The van der Waals surface area contributed by atoms with Gasteiger partial charge in [-0.2, -0.15) is 0 Å². The molecule has 5 heteroatoms. The monoisotopic (exact) mass is 222 g/mol. The normalized spacial score (nSPS) is 17.3. The van der Waals surface area contributed by atoms with Crippen LogP contribution >= 0.6 is 0 Å². The van der Waals surface area contributed by atoms with Gasteiger partial charge in [0, 0.05) is 30.5 Å². The van der Waals surface area contributed by atoms with Crippen molar-refractivity contribution in [2.45, 2.75) is 25.4 Å². The quantitative estimate of drug-likeness (QED) is 0.768. The van der Waals surface area contributed by atoms with E-state index < -0.39 is 0 Å². The molecule has 0 atom stereocenters. The molecule has 0 radical (unpaired) electrons. The molecule has 1 aromatic heterocycles. The van der Waals surface area contributed by atoms with E-state index in [4.69, 9.17) is 4.74 Å². The van der Waals surface area contributed by atoms with Crippen molar-refractivity contribution >= 4 is 0 Å². The molecule has 1 aliphatic rings. The molecule has 0 saturated carbocycles. The Morgan fingerprint density at radius 1 is 1.38 bits per heavy atom. The first-order valence-corrected chi connectivity index (χ1v) is 5.67. The maximum Gasteiger partial charge on any atom is 0.316 e.